The summed E-state index contributed by atoms with van der Waals surface area (Å²) < 4.78 is 30.6. The average Bonchev–Trinajstić information content (AvgIpc) is 3.12. The number of carbonyl (C=O) groups excluding carboxylic acids is 3. The van der Waals surface area contributed by atoms with Gasteiger partial charge >= 0.3 is 11.7 Å². The SMILES string of the molecule is CCOCCOCCOCCOC(C(=O)OC(C)(C)C)c1cccc2c1n(C)c(=O)n2C1CCC(=O)NC1=O. The summed E-state index contributed by atoms with van der Waals surface area (Å²) in [5.41, 5.74) is 0.0971. The Labute approximate surface area is 227 Å². The van der Waals surface area contributed by atoms with Crippen LogP contribution in [0.15, 0.2) is 23.0 Å². The molecule has 216 valence electrons. The number of amides is 2. The zero-order chi connectivity index (χ0) is 28.6. The predicted octanol–water partition coefficient (Wildman–Crippen LogP) is 1.79. The van der Waals surface area contributed by atoms with Crippen molar-refractivity contribution >= 4 is 28.8 Å². The molecule has 2 unspecified atom stereocenters. The normalized spacial score (nSPS) is 16.9. The van der Waals surface area contributed by atoms with Gasteiger partial charge in [-0.25, -0.2) is 9.59 Å². The molecule has 1 fully saturated rings. The zero-order valence-electron chi connectivity index (χ0n) is 23.3. The third kappa shape index (κ3) is 7.98. The van der Waals surface area contributed by atoms with Crippen molar-refractivity contribution in [1.29, 1.82) is 0 Å². The highest BCUT2D eigenvalue weighted by atomic mass is 16.6. The molecule has 0 spiro atoms. The number of ether oxygens (including phenoxy) is 5. The molecule has 12 heteroatoms. The molecule has 2 heterocycles. The van der Waals surface area contributed by atoms with Crippen LogP contribution in [0.4, 0.5) is 0 Å². The van der Waals surface area contributed by atoms with Gasteiger partial charge in [-0.05, 0) is 40.2 Å². The molecule has 1 aromatic heterocycles. The number of esters is 1. The van der Waals surface area contributed by atoms with E-state index in [0.717, 1.165) is 0 Å². The average molecular weight is 550 g/mol. The van der Waals surface area contributed by atoms with Crippen molar-refractivity contribution in [2.24, 2.45) is 7.05 Å². The molecule has 1 aliphatic rings. The highest BCUT2D eigenvalue weighted by Crippen LogP contribution is 2.31. The first-order valence-electron chi connectivity index (χ1n) is 13.2. The smallest absolute Gasteiger partial charge is 0.340 e. The minimum absolute atomic E-state index is 0.0844. The molecule has 2 amide bonds. The lowest BCUT2D eigenvalue weighted by Gasteiger charge is -2.25. The standard InChI is InChI=1S/C27H39N3O9/c1-6-35-12-13-36-14-15-37-16-17-38-23(25(33)39-27(2,3)4)18-8-7-9-19-22(18)29(5)26(34)30(19)20-10-11-21(31)28-24(20)32/h7-9,20,23H,6,10-17H2,1-5H3,(H,28,31,32). The van der Waals surface area contributed by atoms with Crippen LogP contribution in [0.5, 0.6) is 0 Å². The number of aromatic nitrogens is 2. The molecule has 0 saturated carbocycles. The quantitative estimate of drug-likeness (QED) is 0.212. The van der Waals surface area contributed by atoms with Crippen LogP contribution in [-0.4, -0.2) is 78.8 Å². The van der Waals surface area contributed by atoms with Crippen molar-refractivity contribution in [2.75, 3.05) is 46.2 Å². The fourth-order valence-electron chi connectivity index (χ4n) is 4.36. The van der Waals surface area contributed by atoms with E-state index >= 15 is 0 Å². The first kappa shape index (κ1) is 30.5. The van der Waals surface area contributed by atoms with E-state index in [4.69, 9.17) is 23.7 Å². The second kappa shape index (κ2) is 13.8. The van der Waals surface area contributed by atoms with Crippen LogP contribution in [0, 0.1) is 0 Å². The van der Waals surface area contributed by atoms with E-state index in [1.165, 1.54) is 9.13 Å². The number of piperidine rings is 1. The molecular formula is C27H39N3O9. The summed E-state index contributed by atoms with van der Waals surface area (Å²) in [7, 11) is 1.57. The summed E-state index contributed by atoms with van der Waals surface area (Å²) in [6.45, 7) is 9.88. The van der Waals surface area contributed by atoms with Gasteiger partial charge in [-0.2, -0.15) is 0 Å². The van der Waals surface area contributed by atoms with Crippen LogP contribution < -0.4 is 11.0 Å². The Morgan fingerprint density at radius 2 is 1.67 bits per heavy atom. The molecule has 0 radical (unpaired) electrons. The van der Waals surface area contributed by atoms with E-state index in [-0.39, 0.29) is 32.0 Å². The van der Waals surface area contributed by atoms with Gasteiger partial charge in [0.15, 0.2) is 6.10 Å². The Balaban J connectivity index is 1.81. The molecule has 2 aromatic rings. The Morgan fingerprint density at radius 3 is 2.28 bits per heavy atom. The number of imidazole rings is 1. The van der Waals surface area contributed by atoms with Crippen molar-refractivity contribution in [3.8, 4) is 0 Å². The second-order valence-corrected chi connectivity index (χ2v) is 10.1. The maximum atomic E-state index is 13.3. The van der Waals surface area contributed by atoms with Gasteiger partial charge in [0.2, 0.25) is 11.8 Å². The number of nitrogens with one attached hydrogen (secondary N) is 1. The fraction of sp³-hybridized carbons (Fsp3) is 0.630. The van der Waals surface area contributed by atoms with Crippen molar-refractivity contribution in [1.82, 2.24) is 14.5 Å². The fourth-order valence-corrected chi connectivity index (χ4v) is 4.36. The number of imide groups is 1. The highest BCUT2D eigenvalue weighted by Gasteiger charge is 2.34. The number of benzene rings is 1. The Bertz CT molecular complexity index is 1210. The molecule has 1 N–H and O–H groups in total. The van der Waals surface area contributed by atoms with E-state index in [0.29, 0.717) is 49.6 Å². The summed E-state index contributed by atoms with van der Waals surface area (Å²) >= 11 is 0. The van der Waals surface area contributed by atoms with Gasteiger partial charge in [-0.3, -0.25) is 24.0 Å². The van der Waals surface area contributed by atoms with Crippen LogP contribution in [0.2, 0.25) is 0 Å². The minimum atomic E-state index is -1.15. The summed E-state index contributed by atoms with van der Waals surface area (Å²) in [6, 6.07) is 4.23. The lowest BCUT2D eigenvalue weighted by atomic mass is 10.0. The Kier molecular flexibility index (Phi) is 10.8. The van der Waals surface area contributed by atoms with Crippen LogP contribution in [0.1, 0.15) is 58.2 Å². The molecule has 1 saturated heterocycles. The second-order valence-electron chi connectivity index (χ2n) is 10.1. The van der Waals surface area contributed by atoms with E-state index in [2.05, 4.69) is 5.32 Å². The lowest BCUT2D eigenvalue weighted by molar-refractivity contribution is -0.170. The number of aryl methyl sites for hydroxylation is 1. The predicted molar refractivity (Wildman–Crippen MR) is 141 cm³/mol. The largest absolute Gasteiger partial charge is 0.458 e. The number of hydrogen-bond donors (Lipinski definition) is 1. The van der Waals surface area contributed by atoms with Gasteiger partial charge in [0.25, 0.3) is 0 Å². The topological polar surface area (TPSA) is 136 Å². The zero-order valence-corrected chi connectivity index (χ0v) is 23.3. The molecule has 39 heavy (non-hydrogen) atoms. The third-order valence-electron chi connectivity index (χ3n) is 6.02. The van der Waals surface area contributed by atoms with E-state index < -0.39 is 35.3 Å². The maximum Gasteiger partial charge on any atom is 0.340 e. The molecule has 1 aliphatic heterocycles. The van der Waals surface area contributed by atoms with Gasteiger partial charge in [0.1, 0.15) is 11.6 Å². The number of carbonyl (C=O) groups is 3. The van der Waals surface area contributed by atoms with Crippen LogP contribution >= 0.6 is 0 Å². The molecule has 3 rings (SSSR count). The first-order chi connectivity index (χ1) is 18.5. The van der Waals surface area contributed by atoms with Gasteiger partial charge in [0.05, 0.1) is 50.7 Å². The lowest BCUT2D eigenvalue weighted by Crippen LogP contribution is -2.44. The van der Waals surface area contributed by atoms with Gasteiger partial charge in [0, 0.05) is 25.6 Å². The number of fused-ring (bicyclic) bond motifs is 1. The number of nitrogens with zero attached hydrogens (tertiary/aromatic N) is 2. The summed E-state index contributed by atoms with van der Waals surface area (Å²) in [5, 5.41) is 2.30. The van der Waals surface area contributed by atoms with Crippen LogP contribution in [-0.2, 0) is 45.1 Å². The third-order valence-corrected chi connectivity index (χ3v) is 6.02. The molecule has 1 aromatic carbocycles. The van der Waals surface area contributed by atoms with E-state index in [1.54, 1.807) is 46.0 Å². The van der Waals surface area contributed by atoms with Gasteiger partial charge < -0.3 is 23.7 Å². The number of hydrogen-bond acceptors (Lipinski definition) is 9. The van der Waals surface area contributed by atoms with Gasteiger partial charge in [-0.15, -0.1) is 0 Å². The monoisotopic (exact) mass is 549 g/mol. The Morgan fingerprint density at radius 1 is 1.03 bits per heavy atom. The maximum absolute atomic E-state index is 13.3. The Hall–Kier alpha value is -3.06. The number of para-hydroxylation sites is 1. The van der Waals surface area contributed by atoms with Crippen LogP contribution in [0.25, 0.3) is 11.0 Å². The molecule has 0 bridgehead atoms. The molecule has 2 atom stereocenters. The van der Waals surface area contributed by atoms with E-state index in [9.17, 15) is 19.2 Å². The van der Waals surface area contributed by atoms with Crippen molar-refractivity contribution in [3.63, 3.8) is 0 Å². The van der Waals surface area contributed by atoms with Gasteiger partial charge in [-0.1, -0.05) is 12.1 Å². The minimum Gasteiger partial charge on any atom is -0.458 e. The first-order valence-corrected chi connectivity index (χ1v) is 13.2. The molecule has 0 aliphatic carbocycles. The highest BCUT2D eigenvalue weighted by molar-refractivity contribution is 6.00. The summed E-state index contributed by atoms with van der Waals surface area (Å²) in [5.74, 6) is -1.52. The summed E-state index contributed by atoms with van der Waals surface area (Å²) in [6.07, 6.45) is -0.825. The van der Waals surface area contributed by atoms with Crippen LogP contribution in [0.3, 0.4) is 0 Å². The molecular weight excluding hydrogens is 510 g/mol. The van der Waals surface area contributed by atoms with Crippen molar-refractivity contribution < 1.29 is 38.1 Å². The summed E-state index contributed by atoms with van der Waals surface area (Å²) in [4.78, 5) is 50.8. The van der Waals surface area contributed by atoms with E-state index in [1.807, 2.05) is 6.92 Å². The van der Waals surface area contributed by atoms with Crippen molar-refractivity contribution in [3.05, 3.63) is 34.2 Å². The molecule has 12 nitrogen and oxygen atoms in total. The number of rotatable bonds is 14. The van der Waals surface area contributed by atoms with Crippen molar-refractivity contribution in [2.45, 2.75) is 58.3 Å².